The third kappa shape index (κ3) is 1.56. The van der Waals surface area contributed by atoms with Crippen molar-refractivity contribution in [2.45, 2.75) is 13.3 Å². The Morgan fingerprint density at radius 2 is 1.67 bits per heavy atom. The molecule has 1 saturated heterocycles. The average molecular weight is 324 g/mol. The zero-order valence-corrected chi connectivity index (χ0v) is 13.1. The standard InChI is InChI=1S/C18H16N2O4/c1-8-2-5-13(14(6-8)20(23)24)19-17(21)15-9-3-4-10(12-7-11(9)12)16(15)18(19)22/h2-6,9-12,15-16H,7H2,1H3/t9-,10+,11-,12-,15+,16+/m1/s1. The Hall–Kier alpha value is -2.50. The van der Waals surface area contributed by atoms with E-state index < -0.39 is 4.92 Å². The summed E-state index contributed by atoms with van der Waals surface area (Å²) in [7, 11) is 0. The molecule has 24 heavy (non-hydrogen) atoms. The summed E-state index contributed by atoms with van der Waals surface area (Å²) in [5, 5.41) is 11.4. The van der Waals surface area contributed by atoms with Crippen LogP contribution in [0.4, 0.5) is 11.4 Å². The molecule has 6 nitrogen and oxygen atoms in total. The third-order valence-electron chi connectivity index (χ3n) is 6.23. The van der Waals surface area contributed by atoms with Crippen LogP contribution in [-0.2, 0) is 9.59 Å². The van der Waals surface area contributed by atoms with E-state index in [2.05, 4.69) is 12.2 Å². The number of nitrogens with zero attached hydrogens (tertiary/aromatic N) is 2. The molecule has 3 fully saturated rings. The van der Waals surface area contributed by atoms with Gasteiger partial charge in [-0.3, -0.25) is 19.7 Å². The highest BCUT2D eigenvalue weighted by molar-refractivity contribution is 6.23. The molecule has 0 N–H and O–H groups in total. The largest absolute Gasteiger partial charge is 0.293 e. The SMILES string of the molecule is Cc1ccc(N2C(=O)[C@H]3[C@@H]4C=C[C@@H]([C@H]5C[C@H]45)[C@@H]3C2=O)c([N+](=O)[O-])c1. The monoisotopic (exact) mass is 324 g/mol. The third-order valence-corrected chi connectivity index (χ3v) is 6.23. The van der Waals surface area contributed by atoms with E-state index in [1.165, 1.54) is 12.1 Å². The van der Waals surface area contributed by atoms with Crippen molar-refractivity contribution in [2.24, 2.45) is 35.5 Å². The predicted molar refractivity (Wildman–Crippen MR) is 85.0 cm³/mol. The molecule has 2 bridgehead atoms. The molecule has 2 amide bonds. The second-order valence-corrected chi connectivity index (χ2v) is 7.42. The minimum atomic E-state index is -0.519. The van der Waals surface area contributed by atoms with Crippen molar-refractivity contribution in [2.75, 3.05) is 4.90 Å². The van der Waals surface area contributed by atoms with E-state index >= 15 is 0 Å². The summed E-state index contributed by atoms with van der Waals surface area (Å²) < 4.78 is 0. The first-order valence-corrected chi connectivity index (χ1v) is 8.30. The van der Waals surface area contributed by atoms with Crippen molar-refractivity contribution in [3.05, 3.63) is 46.0 Å². The maximum atomic E-state index is 13.0. The van der Waals surface area contributed by atoms with Gasteiger partial charge in [-0.1, -0.05) is 18.2 Å². The molecule has 0 spiro atoms. The fourth-order valence-corrected chi connectivity index (χ4v) is 5.16. The molecule has 1 aromatic carbocycles. The number of amides is 2. The highest BCUT2D eigenvalue weighted by atomic mass is 16.6. The van der Waals surface area contributed by atoms with Gasteiger partial charge in [0, 0.05) is 6.07 Å². The van der Waals surface area contributed by atoms with Gasteiger partial charge in [0.1, 0.15) is 5.69 Å². The molecule has 0 unspecified atom stereocenters. The lowest BCUT2D eigenvalue weighted by atomic mass is 9.63. The molecular weight excluding hydrogens is 308 g/mol. The second kappa shape index (κ2) is 4.32. The summed E-state index contributed by atoms with van der Waals surface area (Å²) >= 11 is 0. The van der Waals surface area contributed by atoms with Crippen LogP contribution in [0, 0.1) is 52.5 Å². The summed E-state index contributed by atoms with van der Waals surface area (Å²) in [6, 6.07) is 4.65. The second-order valence-electron chi connectivity index (χ2n) is 7.42. The number of hydrogen-bond donors (Lipinski definition) is 0. The molecule has 1 aliphatic heterocycles. The molecule has 6 heteroatoms. The quantitative estimate of drug-likeness (QED) is 0.362. The average Bonchev–Trinajstić information content (AvgIpc) is 3.33. The number of nitro benzene ring substituents is 1. The van der Waals surface area contributed by atoms with Gasteiger partial charge in [0.05, 0.1) is 16.8 Å². The topological polar surface area (TPSA) is 80.5 Å². The van der Waals surface area contributed by atoms with Gasteiger partial charge < -0.3 is 0 Å². The number of anilines is 1. The fraction of sp³-hybridized carbons (Fsp3) is 0.444. The lowest BCUT2D eigenvalue weighted by Crippen LogP contribution is -2.40. The van der Waals surface area contributed by atoms with Gasteiger partial charge in [0.2, 0.25) is 11.8 Å². The normalized spacial score (nSPS) is 38.3. The van der Waals surface area contributed by atoms with Crippen LogP contribution in [0.3, 0.4) is 0 Å². The van der Waals surface area contributed by atoms with E-state index in [-0.39, 0.29) is 46.9 Å². The number of carbonyl (C=O) groups excluding carboxylic acids is 2. The van der Waals surface area contributed by atoms with Crippen molar-refractivity contribution in [1.29, 1.82) is 0 Å². The molecule has 6 atom stereocenters. The minimum absolute atomic E-state index is 0.114. The molecule has 0 aromatic heterocycles. The first-order valence-electron chi connectivity index (χ1n) is 8.30. The molecule has 6 rings (SSSR count). The molecule has 5 aliphatic rings. The number of aryl methyl sites for hydroxylation is 1. The lowest BCUT2D eigenvalue weighted by Gasteiger charge is -2.37. The number of nitro groups is 1. The summed E-state index contributed by atoms with van der Waals surface area (Å²) in [5.41, 5.74) is 0.661. The van der Waals surface area contributed by atoms with Gasteiger partial charge in [-0.2, -0.15) is 0 Å². The smallest absolute Gasteiger partial charge is 0.274 e. The van der Waals surface area contributed by atoms with Crippen molar-refractivity contribution < 1.29 is 14.5 Å². The number of allylic oxidation sites excluding steroid dienone is 2. The first-order chi connectivity index (χ1) is 11.5. The van der Waals surface area contributed by atoms with Gasteiger partial charge in [-0.05, 0) is 48.6 Å². The van der Waals surface area contributed by atoms with Gasteiger partial charge in [0.15, 0.2) is 0 Å². The zero-order chi connectivity index (χ0) is 16.7. The Balaban J connectivity index is 1.61. The van der Waals surface area contributed by atoms with E-state index in [0.717, 1.165) is 16.9 Å². The Morgan fingerprint density at radius 3 is 2.21 bits per heavy atom. The summed E-state index contributed by atoms with van der Waals surface area (Å²) in [6.45, 7) is 1.75. The molecule has 2 saturated carbocycles. The molecule has 0 radical (unpaired) electrons. The van der Waals surface area contributed by atoms with E-state index in [9.17, 15) is 19.7 Å². The van der Waals surface area contributed by atoms with Gasteiger partial charge in [-0.15, -0.1) is 0 Å². The van der Waals surface area contributed by atoms with E-state index in [4.69, 9.17) is 0 Å². The molecule has 122 valence electrons. The van der Waals surface area contributed by atoms with Crippen LogP contribution in [0.15, 0.2) is 30.4 Å². The number of rotatable bonds is 2. The summed E-state index contributed by atoms with van der Waals surface area (Å²) in [6.07, 6.45) is 5.29. The summed E-state index contributed by atoms with van der Waals surface area (Å²) in [5.74, 6) is 0.0847. The highest BCUT2D eigenvalue weighted by Gasteiger charge is 2.67. The Bertz CT molecular complexity index is 809. The molecular formula is C18H16N2O4. The Labute approximate surface area is 138 Å². The minimum Gasteiger partial charge on any atom is -0.274 e. The zero-order valence-electron chi connectivity index (χ0n) is 13.1. The summed E-state index contributed by atoms with van der Waals surface area (Å²) in [4.78, 5) is 38.0. The van der Waals surface area contributed by atoms with Crippen LogP contribution < -0.4 is 4.90 Å². The highest BCUT2D eigenvalue weighted by Crippen LogP contribution is 2.65. The maximum Gasteiger partial charge on any atom is 0.293 e. The van der Waals surface area contributed by atoms with Crippen molar-refractivity contribution in [3.63, 3.8) is 0 Å². The van der Waals surface area contributed by atoms with E-state index in [0.29, 0.717) is 11.8 Å². The van der Waals surface area contributed by atoms with Crippen molar-refractivity contribution >= 4 is 23.2 Å². The van der Waals surface area contributed by atoms with Crippen LogP contribution in [0.25, 0.3) is 0 Å². The van der Waals surface area contributed by atoms with Crippen LogP contribution in [0.5, 0.6) is 0 Å². The number of hydrogen-bond acceptors (Lipinski definition) is 4. The Morgan fingerprint density at radius 1 is 1.08 bits per heavy atom. The number of carbonyl (C=O) groups is 2. The Kier molecular flexibility index (Phi) is 2.50. The number of imide groups is 1. The van der Waals surface area contributed by atoms with Gasteiger partial charge in [-0.25, -0.2) is 4.90 Å². The molecule has 1 heterocycles. The lowest BCUT2D eigenvalue weighted by molar-refractivity contribution is -0.384. The van der Waals surface area contributed by atoms with Gasteiger partial charge in [0.25, 0.3) is 5.69 Å². The molecule has 4 aliphatic carbocycles. The van der Waals surface area contributed by atoms with E-state index in [1.54, 1.807) is 13.0 Å². The van der Waals surface area contributed by atoms with Crippen LogP contribution in [0.2, 0.25) is 0 Å². The van der Waals surface area contributed by atoms with Crippen molar-refractivity contribution in [3.8, 4) is 0 Å². The molecule has 1 aromatic rings. The van der Waals surface area contributed by atoms with Crippen LogP contribution in [0.1, 0.15) is 12.0 Å². The van der Waals surface area contributed by atoms with Crippen LogP contribution >= 0.6 is 0 Å². The van der Waals surface area contributed by atoms with Crippen molar-refractivity contribution in [1.82, 2.24) is 0 Å². The van der Waals surface area contributed by atoms with Gasteiger partial charge >= 0.3 is 0 Å². The van der Waals surface area contributed by atoms with Crippen LogP contribution in [-0.4, -0.2) is 16.7 Å². The first kappa shape index (κ1) is 13.9. The fourth-order valence-electron chi connectivity index (χ4n) is 5.16. The number of benzene rings is 1. The van der Waals surface area contributed by atoms with E-state index in [1.807, 2.05) is 0 Å². The predicted octanol–water partition coefficient (Wildman–Crippen LogP) is 2.46. The maximum absolute atomic E-state index is 13.0.